The third kappa shape index (κ3) is 6.04. The van der Waals surface area contributed by atoms with Crippen molar-refractivity contribution in [2.24, 2.45) is 0 Å². The number of carbonyl (C=O) groups excluding carboxylic acids is 2. The number of carbonyl (C=O) groups is 2. The summed E-state index contributed by atoms with van der Waals surface area (Å²) in [6, 6.07) is 14.5. The molecule has 2 aromatic rings. The van der Waals surface area contributed by atoms with Crippen molar-refractivity contribution < 1.29 is 54.1 Å². The highest BCUT2D eigenvalue weighted by atomic mass is 16.7. The lowest BCUT2D eigenvalue weighted by molar-refractivity contribution is -0.277. The van der Waals surface area contributed by atoms with E-state index in [4.69, 9.17) is 18.9 Å². The molecular formula is C27H30O11. The maximum Gasteiger partial charge on any atom is 0.345 e. The summed E-state index contributed by atoms with van der Waals surface area (Å²) in [7, 11) is 0. The van der Waals surface area contributed by atoms with E-state index < -0.39 is 61.0 Å². The Balaban J connectivity index is 1.41. The number of rotatable bonds is 8. The summed E-state index contributed by atoms with van der Waals surface area (Å²) < 4.78 is 21.8. The van der Waals surface area contributed by atoms with Crippen LogP contribution in [0.2, 0.25) is 0 Å². The van der Waals surface area contributed by atoms with Crippen molar-refractivity contribution in [3.8, 4) is 5.75 Å². The van der Waals surface area contributed by atoms with E-state index in [0.29, 0.717) is 12.0 Å². The van der Waals surface area contributed by atoms with Crippen molar-refractivity contribution in [2.45, 2.75) is 61.9 Å². The van der Waals surface area contributed by atoms with E-state index in [9.17, 15) is 35.1 Å². The summed E-state index contributed by atoms with van der Waals surface area (Å²) in [4.78, 5) is 24.8. The van der Waals surface area contributed by atoms with Crippen LogP contribution in [-0.4, -0.2) is 86.5 Å². The van der Waals surface area contributed by atoms with Gasteiger partial charge in [0.2, 0.25) is 11.9 Å². The fraction of sp³-hybridized carbons (Fsp3) is 0.407. The highest BCUT2D eigenvalue weighted by Crippen LogP contribution is 2.29. The van der Waals surface area contributed by atoms with Crippen LogP contribution in [-0.2, 0) is 25.6 Å². The molecule has 1 heterocycles. The fourth-order valence-corrected chi connectivity index (χ4v) is 4.14. The summed E-state index contributed by atoms with van der Waals surface area (Å²) in [5, 5.41) is 51.8. The van der Waals surface area contributed by atoms with E-state index in [1.54, 1.807) is 54.6 Å². The van der Waals surface area contributed by atoms with Crippen LogP contribution in [0.3, 0.4) is 0 Å². The summed E-state index contributed by atoms with van der Waals surface area (Å²) in [6.45, 7) is -0.768. The minimum atomic E-state index is -2.17. The van der Waals surface area contributed by atoms with Crippen LogP contribution in [0.15, 0.2) is 66.7 Å². The summed E-state index contributed by atoms with van der Waals surface area (Å²) in [6.07, 6.45) is -5.40. The summed E-state index contributed by atoms with van der Waals surface area (Å²) >= 11 is 0. The highest BCUT2D eigenvalue weighted by Gasteiger charge is 2.46. The Morgan fingerprint density at radius 2 is 1.63 bits per heavy atom. The summed E-state index contributed by atoms with van der Waals surface area (Å²) in [5.74, 6) is -1.57. The van der Waals surface area contributed by atoms with Crippen LogP contribution < -0.4 is 4.74 Å². The van der Waals surface area contributed by atoms with Gasteiger partial charge in [-0.15, -0.1) is 0 Å². The molecule has 0 amide bonds. The number of para-hydroxylation sites is 1. The molecule has 1 aliphatic heterocycles. The first-order valence-corrected chi connectivity index (χ1v) is 12.1. The zero-order valence-electron chi connectivity index (χ0n) is 20.3. The van der Waals surface area contributed by atoms with Crippen LogP contribution in [0.5, 0.6) is 5.75 Å². The van der Waals surface area contributed by atoms with Gasteiger partial charge in [0.1, 0.15) is 43.4 Å². The molecule has 11 heteroatoms. The first kappa shape index (κ1) is 27.7. The Morgan fingerprint density at radius 3 is 2.37 bits per heavy atom. The number of allylic oxidation sites excluding steroid dienone is 1. The predicted molar refractivity (Wildman–Crippen MR) is 130 cm³/mol. The van der Waals surface area contributed by atoms with Crippen molar-refractivity contribution in [2.75, 3.05) is 6.61 Å². The molecule has 2 aliphatic rings. The standard InChI is InChI=1S/C27H30O11/c28-20-12-6-7-13-27(20,34)26(33)36-14-17-10-4-5-11-18(17)37-25-23(31)22(30)21(29)19(38-25)15-35-24(32)16-8-2-1-3-9-16/h1-5,7-11,13,19-23,25,28-31,34H,6,12,14-15H2/t19-,20+,21+,22-,23+,25+,27-/m0/s1. The molecule has 0 spiro atoms. The predicted octanol–water partition coefficient (Wildman–Crippen LogP) is 0.215. The molecule has 0 aromatic heterocycles. The maximum absolute atomic E-state index is 12.5. The molecule has 0 saturated carbocycles. The van der Waals surface area contributed by atoms with E-state index in [1.807, 2.05) is 0 Å². The van der Waals surface area contributed by atoms with Gasteiger partial charge < -0.3 is 44.5 Å². The molecule has 204 valence electrons. The lowest BCUT2D eigenvalue weighted by atomic mass is 9.88. The molecule has 2 aromatic carbocycles. The van der Waals surface area contributed by atoms with Crippen molar-refractivity contribution in [3.63, 3.8) is 0 Å². The number of aliphatic hydroxyl groups is 5. The highest BCUT2D eigenvalue weighted by molar-refractivity contribution is 5.89. The van der Waals surface area contributed by atoms with Gasteiger partial charge in [0, 0.05) is 5.56 Å². The van der Waals surface area contributed by atoms with Gasteiger partial charge >= 0.3 is 11.9 Å². The maximum atomic E-state index is 12.5. The van der Waals surface area contributed by atoms with Gasteiger partial charge in [-0.05, 0) is 37.1 Å². The van der Waals surface area contributed by atoms with Gasteiger partial charge in [-0.25, -0.2) is 9.59 Å². The molecule has 11 nitrogen and oxygen atoms in total. The molecular weight excluding hydrogens is 500 g/mol. The van der Waals surface area contributed by atoms with Gasteiger partial charge in [-0.1, -0.05) is 42.5 Å². The number of esters is 2. The van der Waals surface area contributed by atoms with E-state index in [2.05, 4.69) is 0 Å². The average molecular weight is 531 g/mol. The van der Waals surface area contributed by atoms with Gasteiger partial charge in [0.05, 0.1) is 11.7 Å². The first-order chi connectivity index (χ1) is 18.2. The van der Waals surface area contributed by atoms with Gasteiger partial charge in [0.25, 0.3) is 0 Å². The Labute approximate surface area is 218 Å². The molecule has 1 fully saturated rings. The second-order valence-electron chi connectivity index (χ2n) is 9.10. The van der Waals surface area contributed by atoms with Crippen molar-refractivity contribution in [3.05, 3.63) is 77.9 Å². The lowest BCUT2D eigenvalue weighted by Crippen LogP contribution is -2.60. The van der Waals surface area contributed by atoms with Crippen molar-refractivity contribution in [1.82, 2.24) is 0 Å². The SMILES string of the molecule is O=C(OC[C@@H]1O[C@@H](Oc2ccccc2COC(=O)[C@]2(O)C=CCC[C@H]2O)[C@H](O)[C@@H](O)[C@@H]1O)c1ccccc1. The second-order valence-corrected chi connectivity index (χ2v) is 9.10. The molecule has 38 heavy (non-hydrogen) atoms. The van der Waals surface area contributed by atoms with Crippen LogP contribution in [0, 0.1) is 0 Å². The van der Waals surface area contributed by atoms with E-state index in [0.717, 1.165) is 0 Å². The number of hydrogen-bond donors (Lipinski definition) is 5. The first-order valence-electron chi connectivity index (χ1n) is 12.1. The van der Waals surface area contributed by atoms with E-state index >= 15 is 0 Å². The number of benzene rings is 2. The van der Waals surface area contributed by atoms with Gasteiger partial charge in [-0.2, -0.15) is 0 Å². The van der Waals surface area contributed by atoms with Crippen molar-refractivity contribution in [1.29, 1.82) is 0 Å². The Kier molecular flexibility index (Phi) is 8.77. The smallest absolute Gasteiger partial charge is 0.345 e. The molecule has 1 aliphatic carbocycles. The zero-order valence-corrected chi connectivity index (χ0v) is 20.3. The number of aliphatic hydroxyl groups excluding tert-OH is 4. The summed E-state index contributed by atoms with van der Waals surface area (Å²) in [5.41, 5.74) is -1.54. The zero-order chi connectivity index (χ0) is 27.3. The Hall–Kier alpha value is -3.32. The molecule has 5 N–H and O–H groups in total. The molecule has 4 rings (SSSR count). The molecule has 0 unspecified atom stereocenters. The number of hydrogen-bond acceptors (Lipinski definition) is 11. The minimum absolute atomic E-state index is 0.125. The average Bonchev–Trinajstić information content (AvgIpc) is 2.93. The third-order valence-electron chi connectivity index (χ3n) is 6.44. The number of ether oxygens (including phenoxy) is 4. The van der Waals surface area contributed by atoms with Crippen LogP contribution >= 0.6 is 0 Å². The van der Waals surface area contributed by atoms with E-state index in [1.165, 1.54) is 12.1 Å². The minimum Gasteiger partial charge on any atom is -0.462 e. The quantitative estimate of drug-likeness (QED) is 0.233. The van der Waals surface area contributed by atoms with Crippen LogP contribution in [0.25, 0.3) is 0 Å². The van der Waals surface area contributed by atoms with Crippen LogP contribution in [0.4, 0.5) is 0 Å². The van der Waals surface area contributed by atoms with E-state index in [-0.39, 0.29) is 24.3 Å². The third-order valence-corrected chi connectivity index (χ3v) is 6.44. The molecule has 7 atom stereocenters. The Bertz CT molecular complexity index is 1140. The van der Waals surface area contributed by atoms with Gasteiger partial charge in [0.15, 0.2) is 0 Å². The fourth-order valence-electron chi connectivity index (χ4n) is 4.14. The normalized spacial score (nSPS) is 30.9. The largest absolute Gasteiger partial charge is 0.462 e. The van der Waals surface area contributed by atoms with Gasteiger partial charge in [-0.3, -0.25) is 0 Å². The lowest BCUT2D eigenvalue weighted by Gasteiger charge is -2.40. The second kappa shape index (κ2) is 12.0. The molecule has 0 bridgehead atoms. The Morgan fingerprint density at radius 1 is 0.921 bits per heavy atom. The monoisotopic (exact) mass is 530 g/mol. The van der Waals surface area contributed by atoms with Crippen molar-refractivity contribution >= 4 is 11.9 Å². The molecule has 0 radical (unpaired) electrons. The molecule has 1 saturated heterocycles. The van der Waals surface area contributed by atoms with Crippen LogP contribution in [0.1, 0.15) is 28.8 Å². The topological polar surface area (TPSA) is 172 Å².